The first kappa shape index (κ1) is 26.2. The van der Waals surface area contributed by atoms with Crippen LogP contribution in [0.2, 0.25) is 0 Å². The van der Waals surface area contributed by atoms with E-state index in [0.717, 1.165) is 23.8 Å². The molecule has 1 saturated carbocycles. The zero-order chi connectivity index (χ0) is 19.0. The fourth-order valence-electron chi connectivity index (χ4n) is 3.55. The third kappa shape index (κ3) is 13.3. The van der Waals surface area contributed by atoms with Crippen LogP contribution in [-0.2, 0) is 0 Å². The summed E-state index contributed by atoms with van der Waals surface area (Å²) in [6.45, 7) is 19.8. The molecule has 1 heteroatoms. The molecule has 0 heterocycles. The van der Waals surface area contributed by atoms with Gasteiger partial charge in [0.1, 0.15) is 0 Å². The molecule has 0 aromatic carbocycles. The summed E-state index contributed by atoms with van der Waals surface area (Å²) in [5, 5.41) is 3.79. The van der Waals surface area contributed by atoms with Crippen LogP contribution in [-0.4, -0.2) is 12.1 Å². The third-order valence-corrected chi connectivity index (χ3v) is 5.56. The quantitative estimate of drug-likeness (QED) is 0.450. The Morgan fingerprint density at radius 3 is 1.71 bits per heavy atom. The van der Waals surface area contributed by atoms with E-state index in [0.29, 0.717) is 6.04 Å². The normalized spacial score (nSPS) is 23.9. The summed E-state index contributed by atoms with van der Waals surface area (Å²) in [4.78, 5) is 0. The zero-order valence-electron chi connectivity index (χ0n) is 18.8. The Labute approximate surface area is 155 Å². The van der Waals surface area contributed by atoms with Crippen LogP contribution in [0.4, 0.5) is 0 Å². The second-order valence-electron chi connectivity index (χ2n) is 7.63. The van der Waals surface area contributed by atoms with Gasteiger partial charge < -0.3 is 5.32 Å². The second-order valence-corrected chi connectivity index (χ2v) is 7.63. The highest BCUT2D eigenvalue weighted by atomic mass is 14.9. The Kier molecular flexibility index (Phi) is 19.4. The van der Waals surface area contributed by atoms with Crippen LogP contribution in [0.15, 0.2) is 0 Å². The summed E-state index contributed by atoms with van der Waals surface area (Å²) < 4.78 is 0. The summed E-state index contributed by atoms with van der Waals surface area (Å²) in [6.07, 6.45) is 12.7. The Morgan fingerprint density at radius 2 is 1.25 bits per heavy atom. The predicted molar refractivity (Wildman–Crippen MR) is 114 cm³/mol. The Morgan fingerprint density at radius 1 is 0.750 bits per heavy atom. The van der Waals surface area contributed by atoms with Crippen molar-refractivity contribution in [2.24, 2.45) is 17.8 Å². The van der Waals surface area contributed by atoms with Crippen molar-refractivity contribution >= 4 is 0 Å². The highest BCUT2D eigenvalue weighted by Crippen LogP contribution is 2.31. The fourth-order valence-corrected chi connectivity index (χ4v) is 3.55. The molecule has 0 saturated heterocycles. The minimum Gasteiger partial charge on any atom is -0.312 e. The summed E-state index contributed by atoms with van der Waals surface area (Å²) in [7, 11) is 0. The van der Waals surface area contributed by atoms with Gasteiger partial charge in [-0.1, -0.05) is 74.7 Å². The van der Waals surface area contributed by atoms with Crippen molar-refractivity contribution in [3.63, 3.8) is 0 Å². The van der Waals surface area contributed by atoms with E-state index >= 15 is 0 Å². The number of hydrogen-bond acceptors (Lipinski definition) is 1. The van der Waals surface area contributed by atoms with Crippen molar-refractivity contribution in [3.05, 3.63) is 0 Å². The molecule has 24 heavy (non-hydrogen) atoms. The second kappa shape index (κ2) is 17.8. The molecular weight excluding hydrogens is 290 g/mol. The number of hydrogen-bond donors (Lipinski definition) is 1. The Bertz CT molecular complexity index is 230. The summed E-state index contributed by atoms with van der Waals surface area (Å²) in [6, 6.07) is 1.50. The zero-order valence-corrected chi connectivity index (χ0v) is 18.8. The SMILES string of the molecule is CC.CC.CCC(C)CCC(C)CC1CCC(NC(C)CC)CC1. The van der Waals surface area contributed by atoms with Crippen molar-refractivity contribution < 1.29 is 0 Å². The molecule has 148 valence electrons. The lowest BCUT2D eigenvalue weighted by Crippen LogP contribution is -2.38. The van der Waals surface area contributed by atoms with Crippen LogP contribution in [0.3, 0.4) is 0 Å². The van der Waals surface area contributed by atoms with E-state index < -0.39 is 0 Å². The van der Waals surface area contributed by atoms with Crippen LogP contribution in [0.25, 0.3) is 0 Å². The first-order chi connectivity index (χ1) is 11.5. The molecule has 0 spiro atoms. The van der Waals surface area contributed by atoms with E-state index in [1.54, 1.807) is 0 Å². The Balaban J connectivity index is 0. The molecule has 0 aliphatic heterocycles. The lowest BCUT2D eigenvalue weighted by molar-refractivity contribution is 0.236. The summed E-state index contributed by atoms with van der Waals surface area (Å²) in [5.41, 5.74) is 0. The maximum Gasteiger partial charge on any atom is 0.00697 e. The number of nitrogens with one attached hydrogen (secondary N) is 1. The number of rotatable bonds is 9. The van der Waals surface area contributed by atoms with Gasteiger partial charge in [-0.3, -0.25) is 0 Å². The van der Waals surface area contributed by atoms with Crippen molar-refractivity contribution in [1.82, 2.24) is 5.32 Å². The highest BCUT2D eigenvalue weighted by molar-refractivity contribution is 4.79. The van der Waals surface area contributed by atoms with Gasteiger partial charge in [-0.15, -0.1) is 0 Å². The largest absolute Gasteiger partial charge is 0.312 e. The lowest BCUT2D eigenvalue weighted by Gasteiger charge is -2.32. The fraction of sp³-hybridized carbons (Fsp3) is 1.00. The molecule has 1 N–H and O–H groups in total. The molecule has 1 aliphatic rings. The van der Waals surface area contributed by atoms with E-state index in [-0.39, 0.29) is 0 Å². The lowest BCUT2D eigenvalue weighted by atomic mass is 9.79. The van der Waals surface area contributed by atoms with Crippen LogP contribution in [0.1, 0.15) is 120 Å². The van der Waals surface area contributed by atoms with Gasteiger partial charge in [0, 0.05) is 12.1 Å². The minimum atomic E-state index is 0.700. The van der Waals surface area contributed by atoms with Gasteiger partial charge >= 0.3 is 0 Å². The minimum absolute atomic E-state index is 0.700. The third-order valence-electron chi connectivity index (χ3n) is 5.56. The van der Waals surface area contributed by atoms with Crippen LogP contribution in [0, 0.1) is 17.8 Å². The Hall–Kier alpha value is -0.0400. The first-order valence-electron chi connectivity index (χ1n) is 11.3. The average molecular weight is 342 g/mol. The van der Waals surface area contributed by atoms with Gasteiger partial charge in [0.05, 0.1) is 0 Å². The first-order valence-corrected chi connectivity index (χ1v) is 11.3. The van der Waals surface area contributed by atoms with Crippen LogP contribution < -0.4 is 5.32 Å². The van der Waals surface area contributed by atoms with Gasteiger partial charge in [0.2, 0.25) is 0 Å². The molecule has 1 nitrogen and oxygen atoms in total. The standard InChI is InChI=1S/C19H39N.2C2H6/c1-6-15(3)8-9-16(4)14-18-10-12-19(13-11-18)20-17(5)7-2;2*1-2/h15-20H,6-14H2,1-5H3;2*1-2H3. The molecule has 1 aliphatic carbocycles. The molecule has 0 amide bonds. The van der Waals surface area contributed by atoms with Crippen LogP contribution >= 0.6 is 0 Å². The van der Waals surface area contributed by atoms with Crippen LogP contribution in [0.5, 0.6) is 0 Å². The molecule has 0 aromatic heterocycles. The van der Waals surface area contributed by atoms with E-state index in [9.17, 15) is 0 Å². The molecule has 3 atom stereocenters. The maximum absolute atomic E-state index is 3.79. The van der Waals surface area contributed by atoms with Gasteiger partial charge in [-0.25, -0.2) is 0 Å². The van der Waals surface area contributed by atoms with Crippen molar-refractivity contribution in [1.29, 1.82) is 0 Å². The van der Waals surface area contributed by atoms with Crippen molar-refractivity contribution in [2.75, 3.05) is 0 Å². The van der Waals surface area contributed by atoms with Gasteiger partial charge in [-0.2, -0.15) is 0 Å². The molecular formula is C23H51N. The molecule has 0 aromatic rings. The van der Waals surface area contributed by atoms with E-state index in [1.165, 1.54) is 57.8 Å². The van der Waals surface area contributed by atoms with Crippen molar-refractivity contribution in [3.8, 4) is 0 Å². The predicted octanol–water partition coefficient (Wildman–Crippen LogP) is 7.84. The van der Waals surface area contributed by atoms with Gasteiger partial charge in [-0.05, 0) is 63.2 Å². The summed E-state index contributed by atoms with van der Waals surface area (Å²) >= 11 is 0. The molecule has 1 fully saturated rings. The van der Waals surface area contributed by atoms with E-state index in [2.05, 4.69) is 39.9 Å². The monoisotopic (exact) mass is 341 g/mol. The molecule has 0 bridgehead atoms. The molecule has 3 unspecified atom stereocenters. The molecule has 0 radical (unpaired) electrons. The maximum atomic E-state index is 3.79. The van der Waals surface area contributed by atoms with E-state index in [4.69, 9.17) is 0 Å². The van der Waals surface area contributed by atoms with Gasteiger partial charge in [0.15, 0.2) is 0 Å². The smallest absolute Gasteiger partial charge is 0.00697 e. The summed E-state index contributed by atoms with van der Waals surface area (Å²) in [5.74, 6) is 2.87. The average Bonchev–Trinajstić information content (AvgIpc) is 2.64. The van der Waals surface area contributed by atoms with E-state index in [1.807, 2.05) is 27.7 Å². The van der Waals surface area contributed by atoms with Crippen molar-refractivity contribution in [2.45, 2.75) is 132 Å². The molecule has 1 rings (SSSR count). The topological polar surface area (TPSA) is 12.0 Å². The van der Waals surface area contributed by atoms with Gasteiger partial charge in [0.25, 0.3) is 0 Å². The highest BCUT2D eigenvalue weighted by Gasteiger charge is 2.23.